The first-order valence-electron chi connectivity index (χ1n) is 7.79. The van der Waals surface area contributed by atoms with E-state index in [-0.39, 0.29) is 0 Å². The minimum absolute atomic E-state index is 0.435. The van der Waals surface area contributed by atoms with E-state index in [4.69, 9.17) is 20.4 Å². The van der Waals surface area contributed by atoms with Crippen molar-refractivity contribution in [2.24, 2.45) is 0 Å². The molecule has 4 rings (SSSR count). The molecule has 0 fully saturated rings. The third-order valence-electron chi connectivity index (χ3n) is 3.55. The van der Waals surface area contributed by atoms with E-state index in [1.165, 1.54) is 11.8 Å². The maximum atomic E-state index is 5.88. The molecule has 2 aromatic heterocycles. The number of benzene rings is 2. The zero-order chi connectivity index (χ0) is 17.9. The van der Waals surface area contributed by atoms with Crippen LogP contribution >= 0.6 is 23.4 Å². The SMILES string of the molecule is Cc1cccc(-c2nnc(CSc3nnc(-c4ccc(Cl)cc4)o3)o2)c1. The molecule has 130 valence electrons. The van der Waals surface area contributed by atoms with Crippen molar-refractivity contribution < 1.29 is 8.83 Å². The third kappa shape index (κ3) is 3.79. The van der Waals surface area contributed by atoms with Gasteiger partial charge in [0.25, 0.3) is 5.22 Å². The summed E-state index contributed by atoms with van der Waals surface area (Å²) in [6.45, 7) is 2.02. The molecule has 0 bridgehead atoms. The summed E-state index contributed by atoms with van der Waals surface area (Å²) in [5.74, 6) is 1.88. The summed E-state index contributed by atoms with van der Waals surface area (Å²) in [7, 11) is 0. The van der Waals surface area contributed by atoms with Crippen LogP contribution in [0.25, 0.3) is 22.9 Å². The Balaban J connectivity index is 1.43. The van der Waals surface area contributed by atoms with Crippen LogP contribution in [0.15, 0.2) is 62.6 Å². The van der Waals surface area contributed by atoms with Crippen molar-refractivity contribution in [1.29, 1.82) is 0 Å². The second kappa shape index (κ2) is 7.31. The van der Waals surface area contributed by atoms with Gasteiger partial charge in [-0.15, -0.1) is 20.4 Å². The largest absolute Gasteiger partial charge is 0.420 e. The lowest BCUT2D eigenvalue weighted by Gasteiger charge is -1.96. The van der Waals surface area contributed by atoms with Crippen LogP contribution in [0, 0.1) is 6.92 Å². The van der Waals surface area contributed by atoms with E-state index in [1.807, 2.05) is 43.3 Å². The Bertz CT molecular complexity index is 1030. The number of aryl methyl sites for hydroxylation is 1. The number of aromatic nitrogens is 4. The molecule has 26 heavy (non-hydrogen) atoms. The van der Waals surface area contributed by atoms with E-state index >= 15 is 0 Å². The van der Waals surface area contributed by atoms with Gasteiger partial charge in [-0.3, -0.25) is 0 Å². The summed E-state index contributed by atoms with van der Waals surface area (Å²) >= 11 is 7.22. The highest BCUT2D eigenvalue weighted by molar-refractivity contribution is 7.98. The number of hydrogen-bond donors (Lipinski definition) is 0. The third-order valence-corrected chi connectivity index (χ3v) is 4.60. The summed E-state index contributed by atoms with van der Waals surface area (Å²) in [5, 5.41) is 17.3. The van der Waals surface area contributed by atoms with Crippen molar-refractivity contribution in [3.05, 3.63) is 65.0 Å². The molecule has 2 aromatic carbocycles. The van der Waals surface area contributed by atoms with Crippen molar-refractivity contribution in [2.75, 3.05) is 0 Å². The molecule has 0 aliphatic rings. The average molecular weight is 385 g/mol. The Morgan fingerprint density at radius 1 is 0.885 bits per heavy atom. The lowest BCUT2D eigenvalue weighted by atomic mass is 10.1. The molecule has 0 aliphatic heterocycles. The first kappa shape index (κ1) is 16.8. The lowest BCUT2D eigenvalue weighted by Crippen LogP contribution is -1.80. The Labute approximate surface area is 158 Å². The van der Waals surface area contributed by atoms with E-state index in [9.17, 15) is 0 Å². The Morgan fingerprint density at radius 2 is 1.65 bits per heavy atom. The molecule has 0 aliphatic carbocycles. The van der Waals surface area contributed by atoms with Gasteiger partial charge in [0, 0.05) is 16.1 Å². The molecule has 2 heterocycles. The first-order valence-corrected chi connectivity index (χ1v) is 9.15. The van der Waals surface area contributed by atoms with Gasteiger partial charge in [0.05, 0.1) is 5.75 Å². The van der Waals surface area contributed by atoms with Crippen LogP contribution < -0.4 is 0 Å². The Morgan fingerprint density at radius 3 is 2.46 bits per heavy atom. The molecule has 0 spiro atoms. The van der Waals surface area contributed by atoms with Crippen LogP contribution in [0.5, 0.6) is 0 Å². The Kier molecular flexibility index (Phi) is 4.73. The van der Waals surface area contributed by atoms with Crippen LogP contribution in [0.4, 0.5) is 0 Å². The highest BCUT2D eigenvalue weighted by Crippen LogP contribution is 2.27. The zero-order valence-corrected chi connectivity index (χ0v) is 15.3. The molecule has 0 unspecified atom stereocenters. The van der Waals surface area contributed by atoms with Gasteiger partial charge in [0.1, 0.15) is 0 Å². The van der Waals surface area contributed by atoms with Crippen LogP contribution in [0.2, 0.25) is 5.02 Å². The average Bonchev–Trinajstić information content (AvgIpc) is 3.30. The summed E-state index contributed by atoms with van der Waals surface area (Å²) in [4.78, 5) is 0. The van der Waals surface area contributed by atoms with Crippen molar-refractivity contribution >= 4 is 23.4 Å². The fourth-order valence-corrected chi connectivity index (χ4v) is 3.03. The van der Waals surface area contributed by atoms with Crippen LogP contribution in [0.1, 0.15) is 11.5 Å². The summed E-state index contributed by atoms with van der Waals surface area (Å²) in [5.41, 5.74) is 2.85. The molecule has 4 aromatic rings. The minimum Gasteiger partial charge on any atom is -0.420 e. The van der Waals surface area contributed by atoms with Crippen molar-refractivity contribution in [1.82, 2.24) is 20.4 Å². The maximum Gasteiger partial charge on any atom is 0.277 e. The molecule has 0 N–H and O–H groups in total. The summed E-state index contributed by atoms with van der Waals surface area (Å²) < 4.78 is 11.3. The van der Waals surface area contributed by atoms with Gasteiger partial charge in [0.2, 0.25) is 17.7 Å². The van der Waals surface area contributed by atoms with Gasteiger partial charge < -0.3 is 8.83 Å². The van der Waals surface area contributed by atoms with E-state index in [1.54, 1.807) is 12.1 Å². The molecule has 0 saturated heterocycles. The van der Waals surface area contributed by atoms with Crippen molar-refractivity contribution in [3.8, 4) is 22.9 Å². The summed E-state index contributed by atoms with van der Waals surface area (Å²) in [6, 6.07) is 15.1. The van der Waals surface area contributed by atoms with Gasteiger partial charge >= 0.3 is 0 Å². The number of halogens is 1. The van der Waals surface area contributed by atoms with E-state index < -0.39 is 0 Å². The van der Waals surface area contributed by atoms with Crippen molar-refractivity contribution in [3.63, 3.8) is 0 Å². The minimum atomic E-state index is 0.435. The maximum absolute atomic E-state index is 5.88. The van der Waals surface area contributed by atoms with Gasteiger partial charge in [-0.05, 0) is 43.3 Å². The Hall–Kier alpha value is -2.64. The molecular weight excluding hydrogens is 372 g/mol. The first-order chi connectivity index (χ1) is 12.7. The van der Waals surface area contributed by atoms with E-state index in [0.717, 1.165) is 16.7 Å². The molecule has 0 amide bonds. The standard InChI is InChI=1S/C18H13ClN4O2S/c1-11-3-2-4-13(9-11)17-21-20-15(24-17)10-26-18-23-22-16(25-18)12-5-7-14(19)8-6-12/h2-9H,10H2,1H3. The highest BCUT2D eigenvalue weighted by atomic mass is 35.5. The van der Waals surface area contributed by atoms with Gasteiger partial charge in [-0.1, -0.05) is 41.1 Å². The number of thioether (sulfide) groups is 1. The normalized spacial score (nSPS) is 11.0. The molecular formula is C18H13ClN4O2S. The van der Waals surface area contributed by atoms with Gasteiger partial charge in [-0.25, -0.2) is 0 Å². The topological polar surface area (TPSA) is 77.8 Å². The fourth-order valence-electron chi connectivity index (χ4n) is 2.31. The van der Waals surface area contributed by atoms with E-state index in [2.05, 4.69) is 20.4 Å². The van der Waals surface area contributed by atoms with Gasteiger partial charge in [0.15, 0.2) is 0 Å². The molecule has 6 nitrogen and oxygen atoms in total. The second-order valence-electron chi connectivity index (χ2n) is 5.54. The van der Waals surface area contributed by atoms with Gasteiger partial charge in [-0.2, -0.15) is 0 Å². The van der Waals surface area contributed by atoms with Crippen LogP contribution in [-0.4, -0.2) is 20.4 Å². The lowest BCUT2D eigenvalue weighted by molar-refractivity contribution is 0.464. The predicted octanol–water partition coefficient (Wildman–Crippen LogP) is 5.04. The summed E-state index contributed by atoms with van der Waals surface area (Å²) in [6.07, 6.45) is 0. The van der Waals surface area contributed by atoms with E-state index in [0.29, 0.717) is 33.7 Å². The molecule has 0 radical (unpaired) electrons. The highest BCUT2D eigenvalue weighted by Gasteiger charge is 2.13. The quantitative estimate of drug-likeness (QED) is 0.446. The second-order valence-corrected chi connectivity index (χ2v) is 6.90. The molecule has 0 saturated carbocycles. The number of hydrogen-bond acceptors (Lipinski definition) is 7. The molecule has 8 heteroatoms. The van der Waals surface area contributed by atoms with Crippen LogP contribution in [0.3, 0.4) is 0 Å². The van der Waals surface area contributed by atoms with Crippen molar-refractivity contribution in [2.45, 2.75) is 17.9 Å². The van der Waals surface area contributed by atoms with Crippen LogP contribution in [-0.2, 0) is 5.75 Å². The number of nitrogens with zero attached hydrogens (tertiary/aromatic N) is 4. The number of rotatable bonds is 5. The smallest absolute Gasteiger partial charge is 0.277 e. The predicted molar refractivity (Wildman–Crippen MR) is 98.8 cm³/mol. The monoisotopic (exact) mass is 384 g/mol. The molecule has 0 atom stereocenters. The zero-order valence-electron chi connectivity index (χ0n) is 13.7. The fraction of sp³-hybridized carbons (Fsp3) is 0.111.